The Bertz CT molecular complexity index is 798. The van der Waals surface area contributed by atoms with E-state index in [2.05, 4.69) is 15.7 Å². The molecular formula is C16H20N4O3. The molecule has 0 spiro atoms. The highest BCUT2D eigenvalue weighted by Crippen LogP contribution is 2.11. The normalized spacial score (nSPS) is 12.0. The first-order valence-corrected chi connectivity index (χ1v) is 7.47. The number of benzene rings is 1. The third-order valence-electron chi connectivity index (χ3n) is 3.47. The van der Waals surface area contributed by atoms with Gasteiger partial charge in [-0.3, -0.25) is 14.4 Å². The minimum Gasteiger partial charge on any atom is -0.355 e. The lowest BCUT2D eigenvalue weighted by atomic mass is 10.1. The van der Waals surface area contributed by atoms with Crippen molar-refractivity contribution in [2.75, 3.05) is 6.54 Å². The van der Waals surface area contributed by atoms with Crippen LogP contribution in [0.15, 0.2) is 29.1 Å². The van der Waals surface area contributed by atoms with Crippen LogP contribution in [0, 0.1) is 6.92 Å². The van der Waals surface area contributed by atoms with Gasteiger partial charge in [0.15, 0.2) is 0 Å². The molecule has 1 atom stereocenters. The number of carbonyl (C=O) groups excluding carboxylic acids is 2. The van der Waals surface area contributed by atoms with Crippen LogP contribution in [0.5, 0.6) is 0 Å². The fourth-order valence-corrected chi connectivity index (χ4v) is 2.33. The van der Waals surface area contributed by atoms with Crippen LogP contribution >= 0.6 is 0 Å². The van der Waals surface area contributed by atoms with Gasteiger partial charge < -0.3 is 10.6 Å². The van der Waals surface area contributed by atoms with Crippen LogP contribution in [0.1, 0.15) is 19.5 Å². The van der Waals surface area contributed by atoms with Crippen LogP contribution in [0.2, 0.25) is 0 Å². The van der Waals surface area contributed by atoms with Gasteiger partial charge in [0, 0.05) is 11.9 Å². The van der Waals surface area contributed by atoms with E-state index >= 15 is 0 Å². The maximum Gasteiger partial charge on any atom is 0.275 e. The van der Waals surface area contributed by atoms with E-state index in [1.807, 2.05) is 12.1 Å². The highest BCUT2D eigenvalue weighted by molar-refractivity contribution is 5.87. The molecule has 0 saturated heterocycles. The Morgan fingerprint density at radius 3 is 2.57 bits per heavy atom. The predicted molar refractivity (Wildman–Crippen MR) is 87.0 cm³/mol. The van der Waals surface area contributed by atoms with E-state index in [1.54, 1.807) is 32.9 Å². The molecule has 1 heterocycles. The maximum atomic E-state index is 12.4. The summed E-state index contributed by atoms with van der Waals surface area (Å²) in [4.78, 5) is 36.0. The van der Waals surface area contributed by atoms with E-state index in [0.29, 0.717) is 17.6 Å². The van der Waals surface area contributed by atoms with E-state index in [0.717, 1.165) is 10.1 Å². The fourth-order valence-electron chi connectivity index (χ4n) is 2.33. The van der Waals surface area contributed by atoms with Gasteiger partial charge in [-0.2, -0.15) is 5.10 Å². The second-order valence-electron chi connectivity index (χ2n) is 5.28. The number of amides is 2. The average molecular weight is 316 g/mol. The molecule has 0 radical (unpaired) electrons. The summed E-state index contributed by atoms with van der Waals surface area (Å²) in [6, 6.07) is 6.46. The highest BCUT2D eigenvalue weighted by Gasteiger charge is 2.16. The van der Waals surface area contributed by atoms with Crippen molar-refractivity contribution in [3.8, 4) is 0 Å². The van der Waals surface area contributed by atoms with Crippen molar-refractivity contribution in [1.82, 2.24) is 20.4 Å². The Balaban J connectivity index is 2.19. The molecule has 0 bridgehead atoms. The molecule has 0 saturated carbocycles. The van der Waals surface area contributed by atoms with Crippen LogP contribution in [-0.2, 0) is 16.1 Å². The molecule has 23 heavy (non-hydrogen) atoms. The van der Waals surface area contributed by atoms with Gasteiger partial charge >= 0.3 is 0 Å². The summed E-state index contributed by atoms with van der Waals surface area (Å²) >= 11 is 0. The van der Waals surface area contributed by atoms with Crippen LogP contribution in [0.25, 0.3) is 10.8 Å². The summed E-state index contributed by atoms with van der Waals surface area (Å²) in [5, 5.41) is 10.6. The van der Waals surface area contributed by atoms with Gasteiger partial charge in [-0.15, -0.1) is 0 Å². The van der Waals surface area contributed by atoms with Crippen LogP contribution in [0.4, 0.5) is 0 Å². The lowest BCUT2D eigenvalue weighted by Gasteiger charge is -2.14. The standard InChI is InChI=1S/C16H20N4O3/c1-4-17-15(22)11(3)18-14(21)9-20-16(23)13-8-6-5-7-12(13)10(2)19-20/h5-8,11H,4,9H2,1-3H3,(H,17,22)(H,18,21)/t11-/m1/s1. The smallest absolute Gasteiger partial charge is 0.275 e. The SMILES string of the molecule is CCNC(=O)[C@@H](C)NC(=O)Cn1nc(C)c2ccccc2c1=O. The van der Waals surface area contributed by atoms with Crippen molar-refractivity contribution in [3.63, 3.8) is 0 Å². The summed E-state index contributed by atoms with van der Waals surface area (Å²) in [6.45, 7) is 5.43. The molecule has 0 unspecified atom stereocenters. The summed E-state index contributed by atoms with van der Waals surface area (Å²) in [7, 11) is 0. The molecule has 2 amide bonds. The zero-order chi connectivity index (χ0) is 17.0. The van der Waals surface area contributed by atoms with Crippen molar-refractivity contribution in [2.45, 2.75) is 33.4 Å². The third-order valence-corrected chi connectivity index (χ3v) is 3.47. The summed E-state index contributed by atoms with van der Waals surface area (Å²) in [6.07, 6.45) is 0. The van der Waals surface area contributed by atoms with Crippen LogP contribution in [-0.4, -0.2) is 34.2 Å². The lowest BCUT2D eigenvalue weighted by Crippen LogP contribution is -2.46. The summed E-state index contributed by atoms with van der Waals surface area (Å²) < 4.78 is 1.12. The molecule has 2 rings (SSSR count). The van der Waals surface area contributed by atoms with Crippen molar-refractivity contribution in [1.29, 1.82) is 0 Å². The second-order valence-corrected chi connectivity index (χ2v) is 5.28. The van der Waals surface area contributed by atoms with E-state index in [4.69, 9.17) is 0 Å². The number of nitrogens with one attached hydrogen (secondary N) is 2. The number of nitrogens with zero attached hydrogens (tertiary/aromatic N) is 2. The molecule has 7 heteroatoms. The van der Waals surface area contributed by atoms with Crippen LogP contribution in [0.3, 0.4) is 0 Å². The van der Waals surface area contributed by atoms with Crippen molar-refractivity contribution < 1.29 is 9.59 Å². The predicted octanol–water partition coefficient (Wildman–Crippen LogP) is 0.346. The van der Waals surface area contributed by atoms with Gasteiger partial charge in [0.2, 0.25) is 11.8 Å². The molecule has 0 aliphatic heterocycles. The number of hydrogen-bond donors (Lipinski definition) is 2. The van der Waals surface area contributed by atoms with Gasteiger partial charge in [-0.25, -0.2) is 4.68 Å². The van der Waals surface area contributed by atoms with Gasteiger partial charge in [0.05, 0.1) is 11.1 Å². The monoisotopic (exact) mass is 316 g/mol. The highest BCUT2D eigenvalue weighted by atomic mass is 16.2. The van der Waals surface area contributed by atoms with E-state index in [1.165, 1.54) is 0 Å². The Kier molecular flexibility index (Phi) is 5.10. The quantitative estimate of drug-likeness (QED) is 0.832. The number of hydrogen-bond acceptors (Lipinski definition) is 4. The average Bonchev–Trinajstić information content (AvgIpc) is 2.52. The Morgan fingerprint density at radius 1 is 1.26 bits per heavy atom. The van der Waals surface area contributed by atoms with Gasteiger partial charge in [0.25, 0.3) is 5.56 Å². The van der Waals surface area contributed by atoms with Gasteiger partial charge in [-0.05, 0) is 26.8 Å². The first-order chi connectivity index (χ1) is 10.9. The molecule has 0 fully saturated rings. The number of aromatic nitrogens is 2. The number of aryl methyl sites for hydroxylation is 1. The number of carbonyl (C=O) groups is 2. The van der Waals surface area contributed by atoms with Gasteiger partial charge in [0.1, 0.15) is 12.6 Å². The van der Waals surface area contributed by atoms with Crippen LogP contribution < -0.4 is 16.2 Å². The fraction of sp³-hybridized carbons (Fsp3) is 0.375. The van der Waals surface area contributed by atoms with Crippen molar-refractivity contribution >= 4 is 22.6 Å². The zero-order valence-corrected chi connectivity index (χ0v) is 13.4. The minimum absolute atomic E-state index is 0.228. The Morgan fingerprint density at radius 2 is 1.91 bits per heavy atom. The van der Waals surface area contributed by atoms with E-state index in [-0.39, 0.29) is 18.0 Å². The molecule has 0 aliphatic carbocycles. The Hall–Kier alpha value is -2.70. The molecule has 1 aromatic carbocycles. The molecule has 1 aromatic heterocycles. The first kappa shape index (κ1) is 16.7. The molecule has 7 nitrogen and oxygen atoms in total. The maximum absolute atomic E-state index is 12.4. The Labute approximate surface area is 133 Å². The molecule has 2 aromatic rings. The van der Waals surface area contributed by atoms with E-state index in [9.17, 15) is 14.4 Å². The molecule has 2 N–H and O–H groups in total. The summed E-state index contributed by atoms with van der Waals surface area (Å²) in [5.74, 6) is -0.705. The molecule has 0 aliphatic rings. The topological polar surface area (TPSA) is 93.1 Å². The molecule has 122 valence electrons. The third kappa shape index (κ3) is 3.74. The number of likely N-dealkylation sites (N-methyl/N-ethyl adjacent to an activating group) is 1. The minimum atomic E-state index is -0.667. The van der Waals surface area contributed by atoms with Crippen molar-refractivity contribution in [2.24, 2.45) is 0 Å². The summed E-state index contributed by atoms with van der Waals surface area (Å²) in [5.41, 5.74) is 0.344. The zero-order valence-electron chi connectivity index (χ0n) is 13.4. The van der Waals surface area contributed by atoms with Crippen molar-refractivity contribution in [3.05, 3.63) is 40.3 Å². The largest absolute Gasteiger partial charge is 0.355 e. The first-order valence-electron chi connectivity index (χ1n) is 7.47. The van der Waals surface area contributed by atoms with Gasteiger partial charge in [-0.1, -0.05) is 18.2 Å². The second kappa shape index (κ2) is 7.04. The number of fused-ring (bicyclic) bond motifs is 1. The molecular weight excluding hydrogens is 296 g/mol. The van der Waals surface area contributed by atoms with E-state index < -0.39 is 11.9 Å². The number of rotatable bonds is 5. The lowest BCUT2D eigenvalue weighted by molar-refractivity contribution is -0.128.